The quantitative estimate of drug-likeness (QED) is 0.522. The highest BCUT2D eigenvalue weighted by Crippen LogP contribution is 2.34. The Kier molecular flexibility index (Phi) is 8.56. The van der Waals surface area contributed by atoms with Crippen LogP contribution >= 0.6 is 0 Å². The number of hydrogen-bond acceptors (Lipinski definition) is 3. The van der Waals surface area contributed by atoms with E-state index in [2.05, 4.69) is 20.9 Å². The fourth-order valence-electron chi connectivity index (χ4n) is 3.52. The molecular weight excluding hydrogens is 290 g/mol. The van der Waals surface area contributed by atoms with Crippen LogP contribution < -0.4 is 0 Å². The monoisotopic (exact) mass is 328 g/mol. The minimum atomic E-state index is -0.594. The van der Waals surface area contributed by atoms with Gasteiger partial charge in [-0.05, 0) is 38.5 Å². The lowest BCUT2D eigenvalue weighted by atomic mass is 9.75. The number of ether oxygens (including phenoxy) is 1. The van der Waals surface area contributed by atoms with Crippen molar-refractivity contribution in [3.05, 3.63) is 0 Å². The van der Waals surface area contributed by atoms with E-state index >= 15 is 0 Å². The molecule has 0 aromatic carbocycles. The molecule has 0 heterocycles. The highest BCUT2D eigenvalue weighted by Gasteiger charge is 2.37. The first kappa shape index (κ1) is 20.4. The first-order valence-electron chi connectivity index (χ1n) is 9.53. The molecule has 0 aliphatic heterocycles. The standard InChI is InChI=1S/C19H38NO3/c1-6-20(5,7-2)13-14-23-19(22)17(18(21)15(3)4)16-11-9-8-10-12-16/h15-18,21H,6-14H2,1-5H3/q+1. The summed E-state index contributed by atoms with van der Waals surface area (Å²) in [5, 5.41) is 10.6. The number of nitrogens with zero attached hydrogens (tertiary/aromatic N) is 1. The zero-order valence-corrected chi connectivity index (χ0v) is 15.9. The summed E-state index contributed by atoms with van der Waals surface area (Å²) >= 11 is 0. The fraction of sp³-hybridized carbons (Fsp3) is 0.947. The van der Waals surface area contributed by atoms with E-state index in [-0.39, 0.29) is 23.7 Å². The Balaban J connectivity index is 2.64. The van der Waals surface area contributed by atoms with Crippen LogP contribution in [0.1, 0.15) is 59.8 Å². The number of hydrogen-bond donors (Lipinski definition) is 1. The van der Waals surface area contributed by atoms with Crippen LogP contribution in [0.3, 0.4) is 0 Å². The number of aliphatic hydroxyl groups is 1. The van der Waals surface area contributed by atoms with Crippen molar-refractivity contribution in [2.75, 3.05) is 33.3 Å². The Bertz CT molecular complexity index is 347. The molecule has 0 amide bonds. The molecule has 0 aromatic rings. The van der Waals surface area contributed by atoms with Gasteiger partial charge in [0.05, 0.1) is 32.2 Å². The number of rotatable bonds is 9. The van der Waals surface area contributed by atoms with Gasteiger partial charge in [0.25, 0.3) is 0 Å². The lowest BCUT2D eigenvalue weighted by Crippen LogP contribution is -2.47. The van der Waals surface area contributed by atoms with Gasteiger partial charge in [-0.3, -0.25) is 4.79 Å². The molecule has 1 fully saturated rings. The molecule has 0 radical (unpaired) electrons. The summed E-state index contributed by atoms with van der Waals surface area (Å²) in [6.45, 7) is 11.7. The Labute approximate surface area is 142 Å². The second-order valence-corrected chi connectivity index (χ2v) is 7.80. The van der Waals surface area contributed by atoms with Gasteiger partial charge in [-0.25, -0.2) is 0 Å². The predicted octanol–water partition coefficient (Wildman–Crippen LogP) is 3.23. The number of esters is 1. The van der Waals surface area contributed by atoms with Crippen LogP contribution in [-0.2, 0) is 9.53 Å². The van der Waals surface area contributed by atoms with Crippen LogP contribution in [0.5, 0.6) is 0 Å². The maximum Gasteiger partial charge on any atom is 0.312 e. The molecule has 23 heavy (non-hydrogen) atoms. The highest BCUT2D eigenvalue weighted by atomic mass is 16.5. The third-order valence-corrected chi connectivity index (χ3v) is 5.88. The largest absolute Gasteiger partial charge is 0.459 e. The zero-order chi connectivity index (χ0) is 17.5. The topological polar surface area (TPSA) is 46.5 Å². The average molecular weight is 329 g/mol. The van der Waals surface area contributed by atoms with E-state index in [1.54, 1.807) is 0 Å². The number of likely N-dealkylation sites (N-methyl/N-ethyl adjacent to an activating group) is 1. The normalized spacial score (nSPS) is 19.6. The Hall–Kier alpha value is -0.610. The molecule has 0 saturated heterocycles. The van der Waals surface area contributed by atoms with Crippen molar-refractivity contribution < 1.29 is 19.1 Å². The number of carbonyl (C=O) groups excluding carboxylic acids is 1. The molecule has 0 spiro atoms. The van der Waals surface area contributed by atoms with Crippen molar-refractivity contribution in [2.45, 2.75) is 65.9 Å². The van der Waals surface area contributed by atoms with Crippen LogP contribution in [0.2, 0.25) is 0 Å². The number of carbonyl (C=O) groups is 1. The van der Waals surface area contributed by atoms with Gasteiger partial charge < -0.3 is 14.3 Å². The Morgan fingerprint density at radius 2 is 1.74 bits per heavy atom. The van der Waals surface area contributed by atoms with Gasteiger partial charge in [0.15, 0.2) is 0 Å². The summed E-state index contributed by atoms with van der Waals surface area (Å²) < 4.78 is 6.52. The molecule has 1 saturated carbocycles. The second kappa shape index (κ2) is 9.63. The van der Waals surface area contributed by atoms with E-state index in [1.165, 1.54) is 19.3 Å². The molecule has 0 aromatic heterocycles. The van der Waals surface area contributed by atoms with Gasteiger partial charge in [-0.2, -0.15) is 0 Å². The van der Waals surface area contributed by atoms with E-state index in [0.29, 0.717) is 6.61 Å². The SMILES string of the molecule is CC[N+](C)(CC)CCOC(=O)C(C1CCCCC1)C(O)C(C)C. The van der Waals surface area contributed by atoms with Crippen molar-refractivity contribution in [3.63, 3.8) is 0 Å². The fourth-order valence-corrected chi connectivity index (χ4v) is 3.52. The molecule has 1 rings (SSSR count). The van der Waals surface area contributed by atoms with E-state index in [0.717, 1.165) is 37.0 Å². The summed E-state index contributed by atoms with van der Waals surface area (Å²) in [5.41, 5.74) is 0. The predicted molar refractivity (Wildman–Crippen MR) is 94.0 cm³/mol. The van der Waals surface area contributed by atoms with Crippen molar-refractivity contribution in [2.24, 2.45) is 17.8 Å². The van der Waals surface area contributed by atoms with E-state index < -0.39 is 6.10 Å². The smallest absolute Gasteiger partial charge is 0.312 e. The van der Waals surface area contributed by atoms with Crippen molar-refractivity contribution in [1.82, 2.24) is 0 Å². The first-order chi connectivity index (χ1) is 10.8. The molecule has 1 N–H and O–H groups in total. The summed E-state index contributed by atoms with van der Waals surface area (Å²) in [6.07, 6.45) is 5.07. The third kappa shape index (κ3) is 6.07. The van der Waals surface area contributed by atoms with Gasteiger partial charge in [0.1, 0.15) is 13.2 Å². The maximum atomic E-state index is 12.7. The molecule has 2 unspecified atom stereocenters. The lowest BCUT2D eigenvalue weighted by Gasteiger charge is -2.34. The van der Waals surface area contributed by atoms with E-state index in [9.17, 15) is 9.90 Å². The molecule has 4 heteroatoms. The average Bonchev–Trinajstić information content (AvgIpc) is 2.55. The summed E-state index contributed by atoms with van der Waals surface area (Å²) in [6, 6.07) is 0. The maximum absolute atomic E-state index is 12.7. The molecule has 4 nitrogen and oxygen atoms in total. The van der Waals surface area contributed by atoms with Gasteiger partial charge in [0, 0.05) is 0 Å². The second-order valence-electron chi connectivity index (χ2n) is 7.80. The van der Waals surface area contributed by atoms with E-state index in [4.69, 9.17) is 4.74 Å². The molecule has 136 valence electrons. The minimum Gasteiger partial charge on any atom is -0.459 e. The zero-order valence-electron chi connectivity index (χ0n) is 15.9. The van der Waals surface area contributed by atoms with Crippen LogP contribution in [-0.4, -0.2) is 55.0 Å². The molecule has 1 aliphatic carbocycles. The van der Waals surface area contributed by atoms with Crippen molar-refractivity contribution >= 4 is 5.97 Å². The summed E-state index contributed by atoms with van der Waals surface area (Å²) in [4.78, 5) is 12.7. The molecule has 0 bridgehead atoms. The van der Waals surface area contributed by atoms with Crippen molar-refractivity contribution in [1.29, 1.82) is 0 Å². The molecule has 2 atom stereocenters. The van der Waals surface area contributed by atoms with Gasteiger partial charge in [-0.1, -0.05) is 33.1 Å². The highest BCUT2D eigenvalue weighted by molar-refractivity contribution is 5.73. The van der Waals surface area contributed by atoms with Gasteiger partial charge in [0.2, 0.25) is 0 Å². The van der Waals surface area contributed by atoms with Crippen LogP contribution in [0.4, 0.5) is 0 Å². The van der Waals surface area contributed by atoms with Gasteiger partial charge in [-0.15, -0.1) is 0 Å². The lowest BCUT2D eigenvalue weighted by molar-refractivity contribution is -0.906. The minimum absolute atomic E-state index is 0.0850. The Morgan fingerprint density at radius 1 is 1.17 bits per heavy atom. The number of aliphatic hydroxyl groups excluding tert-OH is 1. The summed E-state index contributed by atoms with van der Waals surface area (Å²) in [7, 11) is 2.19. The Morgan fingerprint density at radius 3 is 2.22 bits per heavy atom. The van der Waals surface area contributed by atoms with Gasteiger partial charge >= 0.3 is 5.97 Å². The van der Waals surface area contributed by atoms with Crippen molar-refractivity contribution in [3.8, 4) is 0 Å². The van der Waals surface area contributed by atoms with Crippen LogP contribution in [0, 0.1) is 17.8 Å². The first-order valence-corrected chi connectivity index (χ1v) is 9.53. The number of quaternary nitrogens is 1. The summed E-state index contributed by atoms with van der Waals surface area (Å²) in [5.74, 6) is -0.164. The van der Waals surface area contributed by atoms with Crippen LogP contribution in [0.25, 0.3) is 0 Å². The van der Waals surface area contributed by atoms with E-state index in [1.807, 2.05) is 13.8 Å². The molecular formula is C19H38NO3+. The molecule has 1 aliphatic rings. The van der Waals surface area contributed by atoms with Crippen LogP contribution in [0.15, 0.2) is 0 Å². The third-order valence-electron chi connectivity index (χ3n) is 5.88.